The van der Waals surface area contributed by atoms with Crippen LogP contribution in [0.1, 0.15) is 26.7 Å². The Bertz CT molecular complexity index is 195. The van der Waals surface area contributed by atoms with Gasteiger partial charge in [-0.15, -0.1) is 11.6 Å². The van der Waals surface area contributed by atoms with Gasteiger partial charge in [0.1, 0.15) is 4.87 Å². The maximum atomic E-state index is 11.4. The topological polar surface area (TPSA) is 29.1 Å². The van der Waals surface area contributed by atoms with Gasteiger partial charge in [0, 0.05) is 7.05 Å². The van der Waals surface area contributed by atoms with Crippen molar-refractivity contribution in [2.45, 2.75) is 31.6 Å². The van der Waals surface area contributed by atoms with E-state index < -0.39 is 4.87 Å². The second-order valence-electron chi connectivity index (χ2n) is 3.75. The van der Waals surface area contributed by atoms with E-state index in [1.54, 1.807) is 7.05 Å². The number of hydrogen-bond donors (Lipinski definition) is 1. The third-order valence-corrected chi connectivity index (χ3v) is 3.85. The predicted molar refractivity (Wildman–Crippen MR) is 50.2 cm³/mol. The summed E-state index contributed by atoms with van der Waals surface area (Å²) >= 11 is 6.25. The third-order valence-electron chi connectivity index (χ3n) is 3.14. The molecule has 0 aromatic carbocycles. The Balaban J connectivity index is 2.78. The second-order valence-corrected chi connectivity index (χ2v) is 4.42. The average Bonchev–Trinajstić information content (AvgIpc) is 2.33. The largest absolute Gasteiger partial charge is 0.358 e. The van der Waals surface area contributed by atoms with Crippen LogP contribution in [0, 0.1) is 11.8 Å². The molecule has 0 saturated heterocycles. The molecule has 1 fully saturated rings. The highest BCUT2D eigenvalue weighted by Crippen LogP contribution is 2.44. The molecule has 12 heavy (non-hydrogen) atoms. The van der Waals surface area contributed by atoms with Crippen molar-refractivity contribution in [3.63, 3.8) is 0 Å². The highest BCUT2D eigenvalue weighted by molar-refractivity contribution is 6.35. The van der Waals surface area contributed by atoms with Gasteiger partial charge >= 0.3 is 0 Å². The lowest BCUT2D eigenvalue weighted by molar-refractivity contribution is -0.124. The maximum absolute atomic E-state index is 11.4. The predicted octanol–water partition coefficient (Wildman–Crippen LogP) is 1.78. The van der Waals surface area contributed by atoms with Crippen LogP contribution in [0.5, 0.6) is 0 Å². The molecule has 3 unspecified atom stereocenters. The van der Waals surface area contributed by atoms with Crippen molar-refractivity contribution in [2.75, 3.05) is 7.05 Å². The molecule has 1 aliphatic rings. The van der Waals surface area contributed by atoms with E-state index in [1.165, 1.54) is 0 Å². The summed E-state index contributed by atoms with van der Waals surface area (Å²) in [6.07, 6.45) is 1.86. The molecule has 2 nitrogen and oxygen atoms in total. The fourth-order valence-electron chi connectivity index (χ4n) is 1.89. The summed E-state index contributed by atoms with van der Waals surface area (Å²) in [5, 5.41) is 2.63. The van der Waals surface area contributed by atoms with E-state index in [2.05, 4.69) is 19.2 Å². The average molecular weight is 190 g/mol. The molecule has 0 aromatic rings. The Morgan fingerprint density at radius 1 is 1.58 bits per heavy atom. The molecule has 1 N–H and O–H groups in total. The summed E-state index contributed by atoms with van der Waals surface area (Å²) in [4.78, 5) is 10.8. The molecule has 1 rings (SSSR count). The fourth-order valence-corrected chi connectivity index (χ4v) is 2.31. The Hall–Kier alpha value is -0.240. The van der Waals surface area contributed by atoms with Crippen LogP contribution in [0.15, 0.2) is 0 Å². The molecule has 0 spiro atoms. The molecule has 0 heterocycles. The van der Waals surface area contributed by atoms with E-state index in [0.29, 0.717) is 5.92 Å². The first-order chi connectivity index (χ1) is 5.52. The number of alkyl halides is 1. The van der Waals surface area contributed by atoms with Gasteiger partial charge in [-0.1, -0.05) is 13.8 Å². The smallest absolute Gasteiger partial charge is 0.241 e. The SMILES string of the molecule is CNC(=O)C1(Cl)CCC(C)C1C. The highest BCUT2D eigenvalue weighted by atomic mass is 35.5. The first-order valence-electron chi connectivity index (χ1n) is 4.43. The zero-order chi connectivity index (χ0) is 9.35. The van der Waals surface area contributed by atoms with Crippen molar-refractivity contribution in [1.29, 1.82) is 0 Å². The molecular weight excluding hydrogens is 174 g/mol. The minimum Gasteiger partial charge on any atom is -0.358 e. The number of hydrogen-bond acceptors (Lipinski definition) is 1. The van der Waals surface area contributed by atoms with Gasteiger partial charge < -0.3 is 5.32 Å². The fraction of sp³-hybridized carbons (Fsp3) is 0.889. The highest BCUT2D eigenvalue weighted by Gasteiger charge is 2.47. The first-order valence-corrected chi connectivity index (χ1v) is 4.81. The lowest BCUT2D eigenvalue weighted by Gasteiger charge is -2.25. The van der Waals surface area contributed by atoms with E-state index in [-0.39, 0.29) is 11.8 Å². The zero-order valence-corrected chi connectivity index (χ0v) is 8.61. The number of amides is 1. The van der Waals surface area contributed by atoms with E-state index >= 15 is 0 Å². The summed E-state index contributed by atoms with van der Waals surface area (Å²) < 4.78 is 0. The van der Waals surface area contributed by atoms with Gasteiger partial charge in [-0.2, -0.15) is 0 Å². The lowest BCUT2D eigenvalue weighted by atomic mass is 9.91. The molecule has 70 valence electrons. The summed E-state index contributed by atoms with van der Waals surface area (Å²) in [6, 6.07) is 0. The van der Waals surface area contributed by atoms with Crippen LogP contribution in [0.3, 0.4) is 0 Å². The van der Waals surface area contributed by atoms with Crippen LogP contribution in [0.25, 0.3) is 0 Å². The summed E-state index contributed by atoms with van der Waals surface area (Å²) in [6.45, 7) is 4.21. The first kappa shape index (κ1) is 9.85. The van der Waals surface area contributed by atoms with Crippen LogP contribution in [0.4, 0.5) is 0 Å². The van der Waals surface area contributed by atoms with Crippen molar-refractivity contribution in [2.24, 2.45) is 11.8 Å². The molecule has 1 amide bonds. The van der Waals surface area contributed by atoms with E-state index in [1.807, 2.05) is 0 Å². The van der Waals surface area contributed by atoms with Crippen molar-refractivity contribution >= 4 is 17.5 Å². The van der Waals surface area contributed by atoms with Gasteiger partial charge in [-0.05, 0) is 24.7 Å². The number of nitrogens with one attached hydrogen (secondary N) is 1. The Morgan fingerprint density at radius 2 is 2.17 bits per heavy atom. The molecule has 3 heteroatoms. The molecule has 0 aromatic heterocycles. The Kier molecular flexibility index (Phi) is 2.67. The zero-order valence-electron chi connectivity index (χ0n) is 7.86. The molecule has 0 aliphatic heterocycles. The number of carbonyl (C=O) groups is 1. The van der Waals surface area contributed by atoms with Crippen molar-refractivity contribution in [3.05, 3.63) is 0 Å². The van der Waals surface area contributed by atoms with Crippen LogP contribution in [-0.4, -0.2) is 17.8 Å². The van der Waals surface area contributed by atoms with E-state index in [4.69, 9.17) is 11.6 Å². The van der Waals surface area contributed by atoms with Crippen LogP contribution in [0.2, 0.25) is 0 Å². The number of rotatable bonds is 1. The number of halogens is 1. The molecular formula is C9H16ClNO. The quantitative estimate of drug-likeness (QED) is 0.626. The van der Waals surface area contributed by atoms with Crippen molar-refractivity contribution in [1.82, 2.24) is 5.32 Å². The maximum Gasteiger partial charge on any atom is 0.241 e. The lowest BCUT2D eigenvalue weighted by Crippen LogP contribution is -2.43. The summed E-state index contributed by atoms with van der Waals surface area (Å²) in [5.41, 5.74) is 0. The normalized spacial score (nSPS) is 41.3. The molecule has 3 atom stereocenters. The Morgan fingerprint density at radius 3 is 2.50 bits per heavy atom. The minimum atomic E-state index is -0.645. The van der Waals surface area contributed by atoms with E-state index in [9.17, 15) is 4.79 Å². The van der Waals surface area contributed by atoms with E-state index in [0.717, 1.165) is 12.8 Å². The van der Waals surface area contributed by atoms with Gasteiger partial charge in [0.25, 0.3) is 0 Å². The summed E-state index contributed by atoms with van der Waals surface area (Å²) in [5.74, 6) is 0.805. The monoisotopic (exact) mass is 189 g/mol. The van der Waals surface area contributed by atoms with Gasteiger partial charge in [-0.25, -0.2) is 0 Å². The standard InChI is InChI=1S/C9H16ClNO/c1-6-4-5-9(10,7(6)2)8(12)11-3/h6-7H,4-5H2,1-3H3,(H,11,12). The minimum absolute atomic E-state index is 0.0268. The van der Waals surface area contributed by atoms with Crippen LogP contribution < -0.4 is 5.32 Å². The second kappa shape index (κ2) is 3.25. The molecule has 0 bridgehead atoms. The van der Waals surface area contributed by atoms with Gasteiger partial charge in [-0.3, -0.25) is 4.79 Å². The van der Waals surface area contributed by atoms with Crippen molar-refractivity contribution in [3.8, 4) is 0 Å². The van der Waals surface area contributed by atoms with Crippen LogP contribution >= 0.6 is 11.6 Å². The molecule has 0 radical (unpaired) electrons. The molecule has 1 saturated carbocycles. The van der Waals surface area contributed by atoms with Gasteiger partial charge in [0.2, 0.25) is 5.91 Å². The molecule has 1 aliphatic carbocycles. The van der Waals surface area contributed by atoms with Gasteiger partial charge in [0.15, 0.2) is 0 Å². The van der Waals surface area contributed by atoms with Gasteiger partial charge in [0.05, 0.1) is 0 Å². The third kappa shape index (κ3) is 1.33. The number of carbonyl (C=O) groups excluding carboxylic acids is 1. The van der Waals surface area contributed by atoms with Crippen LogP contribution in [-0.2, 0) is 4.79 Å². The van der Waals surface area contributed by atoms with Crippen molar-refractivity contribution < 1.29 is 4.79 Å². The summed E-state index contributed by atoms with van der Waals surface area (Å²) in [7, 11) is 1.64. The Labute approximate surface area is 78.7 Å².